The van der Waals surface area contributed by atoms with E-state index >= 15 is 4.39 Å². The number of hydrogen-bond donors (Lipinski definition) is 1. The van der Waals surface area contributed by atoms with Gasteiger partial charge in [-0.15, -0.1) is 9.24 Å². The predicted octanol–water partition coefficient (Wildman–Crippen LogP) is 2.58. The number of amides is 1. The highest BCUT2D eigenvalue weighted by molar-refractivity contribution is 7.89. The van der Waals surface area contributed by atoms with Crippen LogP contribution < -0.4 is 19.8 Å². The van der Waals surface area contributed by atoms with Crippen LogP contribution in [-0.2, 0) is 20.9 Å². The fourth-order valence-electron chi connectivity index (χ4n) is 3.89. The highest BCUT2D eigenvalue weighted by atomic mass is 32.2. The summed E-state index contributed by atoms with van der Waals surface area (Å²) < 4.78 is 33.7. The second kappa shape index (κ2) is 11.9. The maximum atomic E-state index is 15.3. The van der Waals surface area contributed by atoms with E-state index in [-0.39, 0.29) is 26.1 Å². The van der Waals surface area contributed by atoms with E-state index in [0.29, 0.717) is 30.5 Å². The third kappa shape index (κ3) is 6.88. The van der Waals surface area contributed by atoms with E-state index in [0.717, 1.165) is 11.0 Å². The van der Waals surface area contributed by atoms with Crippen LogP contribution in [0.5, 0.6) is 0 Å². The molecule has 2 unspecified atom stereocenters. The number of ether oxygens (including phenoxy) is 1. The van der Waals surface area contributed by atoms with Gasteiger partial charge in [-0.25, -0.2) is 14.4 Å². The molecule has 2 aromatic heterocycles. The molecule has 3 heterocycles. The number of benzene rings is 1. The molecule has 12 heteroatoms. The second-order valence-corrected chi connectivity index (χ2v) is 10.2. The normalized spacial score (nSPS) is 15.8. The van der Waals surface area contributed by atoms with Crippen LogP contribution >= 0.6 is 9.24 Å². The number of nitrogens with zero attached hydrogens (tertiary/aromatic N) is 5. The van der Waals surface area contributed by atoms with Gasteiger partial charge in [-0.05, 0) is 29.6 Å². The molecule has 36 heavy (non-hydrogen) atoms. The lowest BCUT2D eigenvalue weighted by Gasteiger charge is -2.36. The number of alkyl halides is 1. The van der Waals surface area contributed by atoms with E-state index in [1.54, 1.807) is 18.6 Å². The van der Waals surface area contributed by atoms with Gasteiger partial charge in [0.15, 0.2) is 5.82 Å². The molecule has 0 aliphatic carbocycles. The molecular weight excluding hydrogens is 502 g/mol. The molecule has 4 rings (SSSR count). The molecule has 2 atom stereocenters. The Labute approximate surface area is 215 Å². The first-order valence-corrected chi connectivity index (χ1v) is 13.5. The van der Waals surface area contributed by atoms with E-state index in [1.807, 2.05) is 52.3 Å². The van der Waals surface area contributed by atoms with Gasteiger partial charge >= 0.3 is 0 Å². The summed E-state index contributed by atoms with van der Waals surface area (Å²) in [4.78, 5) is 29.3. The molecule has 1 aliphatic rings. The SMILES string of the molecule is C[S+]([O-])NC(=O)COCC1(F)CCN(c2cncc(N(c3ccccc3)c3ccc(P)cn3)n2)CC1. The van der Waals surface area contributed by atoms with Gasteiger partial charge < -0.3 is 14.2 Å². The lowest BCUT2D eigenvalue weighted by Crippen LogP contribution is -2.45. The molecule has 190 valence electrons. The van der Waals surface area contributed by atoms with Crippen LogP contribution in [0.1, 0.15) is 12.8 Å². The number of anilines is 4. The summed E-state index contributed by atoms with van der Waals surface area (Å²) in [6.07, 6.45) is 6.91. The Morgan fingerprint density at radius 1 is 1.19 bits per heavy atom. The van der Waals surface area contributed by atoms with Crippen LogP contribution in [0.15, 0.2) is 61.1 Å². The predicted molar refractivity (Wildman–Crippen MR) is 142 cm³/mol. The van der Waals surface area contributed by atoms with Crippen LogP contribution in [0.3, 0.4) is 0 Å². The molecule has 9 nitrogen and oxygen atoms in total. The lowest BCUT2D eigenvalue weighted by molar-refractivity contribution is -0.125. The Balaban J connectivity index is 1.45. The molecule has 1 amide bonds. The number of piperidine rings is 1. The van der Waals surface area contributed by atoms with Gasteiger partial charge in [0.05, 0.1) is 30.4 Å². The smallest absolute Gasteiger partial charge is 0.287 e. The van der Waals surface area contributed by atoms with Crippen molar-refractivity contribution in [3.8, 4) is 0 Å². The topological polar surface area (TPSA) is 107 Å². The number of aromatic nitrogens is 3. The lowest BCUT2D eigenvalue weighted by atomic mass is 9.94. The molecule has 0 spiro atoms. The van der Waals surface area contributed by atoms with E-state index in [4.69, 9.17) is 9.72 Å². The number of carbonyl (C=O) groups is 1. The van der Waals surface area contributed by atoms with Crippen molar-refractivity contribution in [2.45, 2.75) is 18.5 Å². The molecule has 0 radical (unpaired) electrons. The number of rotatable bonds is 9. The monoisotopic (exact) mass is 530 g/mol. The summed E-state index contributed by atoms with van der Waals surface area (Å²) in [6.45, 7) is 0.321. The average Bonchev–Trinajstić information content (AvgIpc) is 2.86. The molecular formula is C24H28FN6O3PS. The second-order valence-electron chi connectivity index (χ2n) is 8.47. The zero-order chi connectivity index (χ0) is 25.5. The zero-order valence-corrected chi connectivity index (χ0v) is 21.8. The fraction of sp³-hybridized carbons (Fsp3) is 0.333. The summed E-state index contributed by atoms with van der Waals surface area (Å²) >= 11 is -1.47. The average molecular weight is 531 g/mol. The van der Waals surface area contributed by atoms with E-state index in [9.17, 15) is 9.35 Å². The summed E-state index contributed by atoms with van der Waals surface area (Å²) in [5.41, 5.74) is -0.657. The van der Waals surface area contributed by atoms with Crippen LogP contribution in [0.25, 0.3) is 0 Å². The minimum absolute atomic E-state index is 0.199. The minimum Gasteiger partial charge on any atom is -0.593 e. The molecule has 0 saturated carbocycles. The van der Waals surface area contributed by atoms with Crippen molar-refractivity contribution in [2.24, 2.45) is 0 Å². The van der Waals surface area contributed by atoms with Crippen LogP contribution in [0, 0.1) is 0 Å². The van der Waals surface area contributed by atoms with E-state index in [2.05, 4.69) is 23.9 Å². The van der Waals surface area contributed by atoms with Gasteiger partial charge in [0.25, 0.3) is 5.91 Å². The number of halogens is 1. The van der Waals surface area contributed by atoms with E-state index in [1.165, 1.54) is 6.26 Å². The van der Waals surface area contributed by atoms with Gasteiger partial charge in [-0.3, -0.25) is 14.7 Å². The van der Waals surface area contributed by atoms with Gasteiger partial charge in [0.1, 0.15) is 30.2 Å². The summed E-state index contributed by atoms with van der Waals surface area (Å²) in [6, 6.07) is 13.7. The van der Waals surface area contributed by atoms with Crippen molar-refractivity contribution >= 4 is 55.0 Å². The van der Waals surface area contributed by atoms with Crippen molar-refractivity contribution < 1.29 is 18.5 Å². The van der Waals surface area contributed by atoms with Crippen molar-refractivity contribution in [3.05, 3.63) is 61.1 Å². The Bertz CT molecular complexity index is 1150. The quantitative estimate of drug-likeness (QED) is 0.333. The number of pyridine rings is 1. The molecule has 1 aromatic carbocycles. The van der Waals surface area contributed by atoms with Crippen molar-refractivity contribution in [3.63, 3.8) is 0 Å². The molecule has 1 aliphatic heterocycles. The molecule has 1 saturated heterocycles. The standard InChI is InChI=1S/C24H28FN6O3PS/c1-36(33)29-23(32)16-34-17-24(25)9-11-30(12-10-24)21-14-26-15-22(28-21)31(18-5-3-2-4-6-18)20-8-7-19(35)13-27-20/h2-8,13-15H,9-12,16-17,35H2,1H3,(H,29,32). The van der Waals surface area contributed by atoms with Gasteiger partial charge in [-0.2, -0.15) is 4.72 Å². The van der Waals surface area contributed by atoms with Crippen molar-refractivity contribution in [1.82, 2.24) is 19.7 Å². The maximum Gasteiger partial charge on any atom is 0.287 e. The Morgan fingerprint density at radius 3 is 2.61 bits per heavy atom. The Kier molecular flexibility index (Phi) is 8.68. The number of carbonyl (C=O) groups excluding carboxylic acids is 1. The first-order valence-electron chi connectivity index (χ1n) is 11.4. The number of nitrogens with one attached hydrogen (secondary N) is 1. The first-order chi connectivity index (χ1) is 17.3. The van der Waals surface area contributed by atoms with Crippen LogP contribution in [0.2, 0.25) is 0 Å². The van der Waals surface area contributed by atoms with Gasteiger partial charge in [0.2, 0.25) is 0 Å². The largest absolute Gasteiger partial charge is 0.593 e. The molecule has 3 aromatic rings. The maximum absolute atomic E-state index is 15.3. The Morgan fingerprint density at radius 2 is 1.94 bits per heavy atom. The zero-order valence-electron chi connectivity index (χ0n) is 19.8. The van der Waals surface area contributed by atoms with Crippen molar-refractivity contribution in [1.29, 1.82) is 0 Å². The third-order valence-electron chi connectivity index (χ3n) is 5.69. The highest BCUT2D eigenvalue weighted by Gasteiger charge is 2.35. The van der Waals surface area contributed by atoms with Gasteiger partial charge in [0, 0.05) is 37.8 Å². The summed E-state index contributed by atoms with van der Waals surface area (Å²) in [5.74, 6) is 1.41. The number of hydrogen-bond acceptors (Lipinski definition) is 8. The van der Waals surface area contributed by atoms with Crippen molar-refractivity contribution in [2.75, 3.05) is 42.4 Å². The van der Waals surface area contributed by atoms with Gasteiger partial charge in [-0.1, -0.05) is 18.2 Å². The fourth-order valence-corrected chi connectivity index (χ4v) is 4.44. The molecule has 0 bridgehead atoms. The van der Waals surface area contributed by atoms with E-state index < -0.39 is 22.9 Å². The third-order valence-corrected chi connectivity index (χ3v) is 6.54. The van der Waals surface area contributed by atoms with Crippen LogP contribution in [0.4, 0.5) is 27.5 Å². The first kappa shape index (κ1) is 26.2. The number of para-hydroxylation sites is 1. The molecule has 1 fully saturated rings. The molecule has 1 N–H and O–H groups in total. The Hall–Kier alpha value is -2.85. The minimum atomic E-state index is -1.55. The van der Waals surface area contributed by atoms with Crippen LogP contribution in [-0.4, -0.2) is 63.6 Å². The highest BCUT2D eigenvalue weighted by Crippen LogP contribution is 2.33. The summed E-state index contributed by atoms with van der Waals surface area (Å²) in [5, 5.41) is 0.972. The summed E-state index contributed by atoms with van der Waals surface area (Å²) in [7, 11) is 2.62.